The molecule has 2 fully saturated rings. The van der Waals surface area contributed by atoms with Crippen LogP contribution in [0.25, 0.3) is 0 Å². The van der Waals surface area contributed by atoms with Gasteiger partial charge in [0.2, 0.25) is 0 Å². The Morgan fingerprint density at radius 3 is 2.52 bits per heavy atom. The van der Waals surface area contributed by atoms with Gasteiger partial charge in [-0.2, -0.15) is 0 Å². The summed E-state index contributed by atoms with van der Waals surface area (Å²) >= 11 is 0. The van der Waals surface area contributed by atoms with Crippen LogP contribution in [0.15, 0.2) is 42.5 Å². The zero-order valence-corrected chi connectivity index (χ0v) is 14.4. The number of hydrogen-bond acceptors (Lipinski definition) is 3. The molecule has 130 valence electrons. The quantitative estimate of drug-likeness (QED) is 0.863. The molecule has 0 spiro atoms. The summed E-state index contributed by atoms with van der Waals surface area (Å²) in [6, 6.07) is 12.4. The number of amides is 1. The summed E-state index contributed by atoms with van der Waals surface area (Å²) in [4.78, 5) is 21.3. The van der Waals surface area contributed by atoms with E-state index >= 15 is 0 Å². The number of fused-ring (bicyclic) bond motifs is 1. The van der Waals surface area contributed by atoms with Crippen LogP contribution in [0.3, 0.4) is 0 Å². The number of hydrogen-bond donors (Lipinski definition) is 0. The number of benzene rings is 1. The Hall–Kier alpha value is -2.27. The van der Waals surface area contributed by atoms with Crippen molar-refractivity contribution >= 4 is 5.91 Å². The molecular weight excluding hydrogens is 317 g/mol. The molecule has 1 aromatic heterocycles. The van der Waals surface area contributed by atoms with Crippen molar-refractivity contribution in [3.05, 3.63) is 65.2 Å². The fourth-order valence-corrected chi connectivity index (χ4v) is 4.10. The number of carbonyl (C=O) groups is 1. The van der Waals surface area contributed by atoms with Crippen LogP contribution in [-0.2, 0) is 6.54 Å². The lowest BCUT2D eigenvalue weighted by Gasteiger charge is -2.21. The van der Waals surface area contributed by atoms with Crippen molar-refractivity contribution in [1.82, 2.24) is 14.8 Å². The van der Waals surface area contributed by atoms with Crippen LogP contribution in [-0.4, -0.2) is 46.9 Å². The molecule has 0 saturated carbocycles. The zero-order valence-electron chi connectivity index (χ0n) is 14.4. The Bertz CT molecular complexity index is 780. The smallest absolute Gasteiger partial charge is 0.272 e. The maximum atomic E-state index is 13.3. The summed E-state index contributed by atoms with van der Waals surface area (Å²) in [5, 5.41) is 0. The molecule has 0 unspecified atom stereocenters. The first-order valence-corrected chi connectivity index (χ1v) is 8.78. The average Bonchev–Trinajstić information content (AvgIpc) is 3.12. The number of rotatable bonds is 3. The Morgan fingerprint density at radius 2 is 1.84 bits per heavy atom. The van der Waals surface area contributed by atoms with Gasteiger partial charge in [-0.05, 0) is 48.6 Å². The molecule has 0 bridgehead atoms. The first-order chi connectivity index (χ1) is 12.1. The number of likely N-dealkylation sites (tertiary alicyclic amines) is 2. The van der Waals surface area contributed by atoms with Crippen molar-refractivity contribution in [3.63, 3.8) is 0 Å². The minimum atomic E-state index is -0.181. The van der Waals surface area contributed by atoms with Crippen molar-refractivity contribution in [3.8, 4) is 0 Å². The highest BCUT2D eigenvalue weighted by atomic mass is 19.1. The summed E-state index contributed by atoms with van der Waals surface area (Å²) in [5.74, 6) is 0.860. The number of nitrogens with zero attached hydrogens (tertiary/aromatic N) is 3. The van der Waals surface area contributed by atoms with Crippen LogP contribution < -0.4 is 0 Å². The third kappa shape index (κ3) is 3.42. The molecule has 25 heavy (non-hydrogen) atoms. The van der Waals surface area contributed by atoms with Crippen LogP contribution in [0, 0.1) is 24.6 Å². The molecule has 3 heterocycles. The topological polar surface area (TPSA) is 36.4 Å². The zero-order chi connectivity index (χ0) is 17.4. The minimum Gasteiger partial charge on any atom is -0.337 e. The molecule has 2 aliphatic rings. The number of aryl methyl sites for hydroxylation is 1. The van der Waals surface area contributed by atoms with Gasteiger partial charge in [-0.3, -0.25) is 9.69 Å². The lowest BCUT2D eigenvalue weighted by atomic mass is 10.0. The Balaban J connectivity index is 1.37. The average molecular weight is 339 g/mol. The fraction of sp³-hybridized carbons (Fsp3) is 0.400. The van der Waals surface area contributed by atoms with Gasteiger partial charge in [0, 0.05) is 38.4 Å². The van der Waals surface area contributed by atoms with Crippen LogP contribution in [0.1, 0.15) is 21.7 Å². The van der Waals surface area contributed by atoms with Gasteiger partial charge in [0.25, 0.3) is 5.91 Å². The summed E-state index contributed by atoms with van der Waals surface area (Å²) in [5.41, 5.74) is 2.42. The lowest BCUT2D eigenvalue weighted by Crippen LogP contribution is -2.33. The Labute approximate surface area is 147 Å². The highest BCUT2D eigenvalue weighted by Gasteiger charge is 2.41. The van der Waals surface area contributed by atoms with E-state index in [1.165, 1.54) is 6.07 Å². The molecule has 1 aromatic carbocycles. The van der Waals surface area contributed by atoms with Gasteiger partial charge in [0.05, 0.1) is 0 Å². The first-order valence-electron chi connectivity index (χ1n) is 8.78. The van der Waals surface area contributed by atoms with Crippen molar-refractivity contribution in [2.24, 2.45) is 11.8 Å². The van der Waals surface area contributed by atoms with Crippen LogP contribution in [0.4, 0.5) is 4.39 Å². The third-order valence-corrected chi connectivity index (χ3v) is 5.25. The van der Waals surface area contributed by atoms with E-state index in [0.717, 1.165) is 44.0 Å². The predicted molar refractivity (Wildman–Crippen MR) is 93.5 cm³/mol. The largest absolute Gasteiger partial charge is 0.337 e. The van der Waals surface area contributed by atoms with E-state index in [9.17, 15) is 9.18 Å². The number of aromatic nitrogens is 1. The van der Waals surface area contributed by atoms with Crippen molar-refractivity contribution in [1.29, 1.82) is 0 Å². The summed E-state index contributed by atoms with van der Waals surface area (Å²) in [6.07, 6.45) is 0. The molecule has 0 radical (unpaired) electrons. The third-order valence-electron chi connectivity index (χ3n) is 5.25. The van der Waals surface area contributed by atoms with Crippen LogP contribution in [0.2, 0.25) is 0 Å². The highest BCUT2D eigenvalue weighted by molar-refractivity contribution is 5.92. The summed E-state index contributed by atoms with van der Waals surface area (Å²) < 4.78 is 13.3. The summed E-state index contributed by atoms with van der Waals surface area (Å²) in [6.45, 7) is 6.19. The van der Waals surface area contributed by atoms with Crippen molar-refractivity contribution in [2.75, 3.05) is 26.2 Å². The molecule has 2 aliphatic heterocycles. The molecule has 2 atom stereocenters. The van der Waals surface area contributed by atoms with Gasteiger partial charge in [-0.15, -0.1) is 0 Å². The standard InChI is InChI=1S/C20H22FN3O/c1-14-4-2-7-19(22-14)20(25)24-12-16-10-23(11-17(16)13-24)9-15-5-3-6-18(21)8-15/h2-8,16-17H,9-13H2,1H3/t16-,17-/m0/s1. The van der Waals surface area contributed by atoms with Gasteiger partial charge in [0.15, 0.2) is 0 Å². The fourth-order valence-electron chi connectivity index (χ4n) is 4.10. The van der Waals surface area contributed by atoms with Gasteiger partial charge < -0.3 is 4.90 Å². The molecule has 2 saturated heterocycles. The van der Waals surface area contributed by atoms with Gasteiger partial charge >= 0.3 is 0 Å². The normalized spacial score (nSPS) is 23.0. The second-order valence-corrected chi connectivity index (χ2v) is 7.22. The molecule has 0 N–H and O–H groups in total. The first kappa shape index (κ1) is 16.2. The van der Waals surface area contributed by atoms with Gasteiger partial charge in [-0.25, -0.2) is 9.37 Å². The van der Waals surface area contributed by atoms with Crippen LogP contribution >= 0.6 is 0 Å². The molecule has 2 aromatic rings. The monoisotopic (exact) mass is 339 g/mol. The second-order valence-electron chi connectivity index (χ2n) is 7.22. The van der Waals surface area contributed by atoms with Gasteiger partial charge in [-0.1, -0.05) is 18.2 Å². The van der Waals surface area contributed by atoms with Crippen molar-refractivity contribution < 1.29 is 9.18 Å². The van der Waals surface area contributed by atoms with E-state index in [1.54, 1.807) is 18.2 Å². The van der Waals surface area contributed by atoms with E-state index in [4.69, 9.17) is 0 Å². The molecule has 5 heteroatoms. The van der Waals surface area contributed by atoms with Crippen LogP contribution in [0.5, 0.6) is 0 Å². The summed E-state index contributed by atoms with van der Waals surface area (Å²) in [7, 11) is 0. The highest BCUT2D eigenvalue weighted by Crippen LogP contribution is 2.32. The number of pyridine rings is 1. The number of carbonyl (C=O) groups excluding carboxylic acids is 1. The maximum Gasteiger partial charge on any atom is 0.272 e. The van der Waals surface area contributed by atoms with E-state index in [0.29, 0.717) is 17.5 Å². The lowest BCUT2D eigenvalue weighted by molar-refractivity contribution is 0.0767. The maximum absolute atomic E-state index is 13.3. The molecule has 0 aliphatic carbocycles. The molecule has 4 nitrogen and oxygen atoms in total. The predicted octanol–water partition coefficient (Wildman–Crippen LogP) is 2.73. The Kier molecular flexibility index (Phi) is 4.25. The minimum absolute atomic E-state index is 0.0368. The number of halogens is 1. The molecule has 1 amide bonds. The Morgan fingerprint density at radius 1 is 1.12 bits per heavy atom. The van der Waals surface area contributed by atoms with E-state index in [-0.39, 0.29) is 11.7 Å². The van der Waals surface area contributed by atoms with E-state index in [2.05, 4.69) is 9.88 Å². The van der Waals surface area contributed by atoms with Crippen molar-refractivity contribution in [2.45, 2.75) is 13.5 Å². The molecular formula is C20H22FN3O. The SMILES string of the molecule is Cc1cccc(C(=O)N2C[C@@H]3CN(Cc4cccc(F)c4)C[C@H]3C2)n1. The van der Waals surface area contributed by atoms with E-state index < -0.39 is 0 Å². The van der Waals surface area contributed by atoms with Gasteiger partial charge in [0.1, 0.15) is 11.5 Å². The molecule has 4 rings (SSSR count). The van der Waals surface area contributed by atoms with E-state index in [1.807, 2.05) is 30.0 Å². The second kappa shape index (κ2) is 6.56.